The van der Waals surface area contributed by atoms with Gasteiger partial charge in [-0.3, -0.25) is 0 Å². The first-order valence-electron chi connectivity index (χ1n) is 17.3. The quantitative estimate of drug-likeness (QED) is 0.135. The summed E-state index contributed by atoms with van der Waals surface area (Å²) in [6, 6.07) is 10.9. The van der Waals surface area contributed by atoms with E-state index in [0.29, 0.717) is 11.5 Å². The van der Waals surface area contributed by atoms with E-state index >= 15 is 0 Å². The number of benzene rings is 1. The second-order valence-corrected chi connectivity index (χ2v) is 13.3. The highest BCUT2D eigenvalue weighted by Gasteiger charge is 2.36. The predicted octanol–water partition coefficient (Wildman–Crippen LogP) is 11.5. The molecule has 40 heavy (non-hydrogen) atoms. The highest BCUT2D eigenvalue weighted by molar-refractivity contribution is 5.89. The predicted molar refractivity (Wildman–Crippen MR) is 167 cm³/mol. The zero-order valence-electron chi connectivity index (χ0n) is 26.1. The van der Waals surface area contributed by atoms with Crippen molar-refractivity contribution >= 4 is 5.97 Å². The first kappa shape index (κ1) is 32.7. The Morgan fingerprint density at radius 1 is 0.775 bits per heavy atom. The maximum atomic E-state index is 12.9. The first-order chi connectivity index (χ1) is 19.6. The molecule has 3 nitrogen and oxygen atoms in total. The molecule has 2 aliphatic carbocycles. The number of nitriles is 1. The Kier molecular flexibility index (Phi) is 15.2. The molecule has 0 atom stereocenters. The number of rotatable bonds is 18. The second-order valence-electron chi connectivity index (χ2n) is 13.3. The van der Waals surface area contributed by atoms with Gasteiger partial charge in [0, 0.05) is 0 Å². The van der Waals surface area contributed by atoms with E-state index < -0.39 is 0 Å². The van der Waals surface area contributed by atoms with Crippen molar-refractivity contribution in [2.24, 2.45) is 11.3 Å². The largest absolute Gasteiger partial charge is 0.459 e. The van der Waals surface area contributed by atoms with Gasteiger partial charge in [0.05, 0.1) is 17.0 Å². The van der Waals surface area contributed by atoms with E-state index in [0.717, 1.165) is 44.4 Å². The summed E-state index contributed by atoms with van der Waals surface area (Å²) in [5, 5.41) is 9.87. The van der Waals surface area contributed by atoms with Crippen LogP contribution in [0.25, 0.3) is 0 Å². The van der Waals surface area contributed by atoms with Crippen LogP contribution >= 0.6 is 0 Å². The van der Waals surface area contributed by atoms with Crippen LogP contribution < -0.4 is 0 Å². The van der Waals surface area contributed by atoms with Crippen molar-refractivity contribution in [3.05, 3.63) is 35.4 Å². The molecule has 3 rings (SSSR count). The minimum atomic E-state index is -0.205. The minimum absolute atomic E-state index is 0.0509. The lowest BCUT2D eigenvalue weighted by Crippen LogP contribution is -2.31. The fourth-order valence-electron chi connectivity index (χ4n) is 7.21. The van der Waals surface area contributed by atoms with Gasteiger partial charge < -0.3 is 4.74 Å². The Labute approximate surface area is 246 Å². The minimum Gasteiger partial charge on any atom is -0.459 e. The maximum absolute atomic E-state index is 12.9. The maximum Gasteiger partial charge on any atom is 0.338 e. The highest BCUT2D eigenvalue weighted by Crippen LogP contribution is 2.41. The summed E-state index contributed by atoms with van der Waals surface area (Å²) in [6.07, 6.45) is 28.5. The molecule has 2 aliphatic rings. The zero-order valence-corrected chi connectivity index (χ0v) is 26.1. The molecular weight excluding hydrogens is 490 g/mol. The molecule has 1 aromatic carbocycles. The summed E-state index contributed by atoms with van der Waals surface area (Å²) in [5.41, 5.74) is 1.85. The molecule has 2 fully saturated rings. The summed E-state index contributed by atoms with van der Waals surface area (Å²) in [4.78, 5) is 12.9. The molecule has 0 saturated heterocycles. The van der Waals surface area contributed by atoms with Gasteiger partial charge in [-0.2, -0.15) is 5.26 Å². The van der Waals surface area contributed by atoms with E-state index in [9.17, 15) is 10.1 Å². The summed E-state index contributed by atoms with van der Waals surface area (Å²) < 4.78 is 5.90. The summed E-state index contributed by atoms with van der Waals surface area (Å²) in [6.45, 7) is 4.52. The highest BCUT2D eigenvalue weighted by atomic mass is 16.5. The van der Waals surface area contributed by atoms with Gasteiger partial charge in [0.2, 0.25) is 0 Å². The van der Waals surface area contributed by atoms with Crippen LogP contribution in [0, 0.1) is 22.7 Å². The molecule has 0 N–H and O–H groups in total. The van der Waals surface area contributed by atoms with Gasteiger partial charge in [0.15, 0.2) is 0 Å². The Morgan fingerprint density at radius 3 is 1.90 bits per heavy atom. The number of esters is 1. The fraction of sp³-hybridized carbons (Fsp3) is 0.784. The molecule has 0 aromatic heterocycles. The first-order valence-corrected chi connectivity index (χ1v) is 17.3. The number of carbonyl (C=O) groups is 1. The van der Waals surface area contributed by atoms with E-state index in [1.54, 1.807) is 0 Å². The molecule has 2 saturated carbocycles. The number of carbonyl (C=O) groups excluding carboxylic acids is 1. The number of hydrogen-bond acceptors (Lipinski definition) is 3. The molecular formula is C37H59NO2. The third kappa shape index (κ3) is 11.2. The zero-order chi connectivity index (χ0) is 28.5. The molecule has 0 radical (unpaired) electrons. The molecule has 0 heterocycles. The monoisotopic (exact) mass is 549 g/mol. The SMILES string of the molecule is CCCCCCCCCC[C@H]1CC[C@H](c2ccc(C(=O)OC3CCC(C#N)(CCCCCCC)CC3)cc2)CC1. The summed E-state index contributed by atoms with van der Waals surface area (Å²) in [7, 11) is 0. The number of nitrogens with zero attached hydrogens (tertiary/aromatic N) is 1. The van der Waals surface area contributed by atoms with E-state index in [-0.39, 0.29) is 17.5 Å². The lowest BCUT2D eigenvalue weighted by Gasteiger charge is -2.34. The standard InChI is InChI=1S/C37H59NO2/c1-3-5-7-9-10-11-12-14-16-31-17-19-32(20-18-31)33-21-23-34(24-22-33)36(39)40-35-25-28-37(30-38,29-26-35)27-15-13-8-6-4-2/h21-24,31-32,35H,3-20,25-29H2,1-2H3/t31-,32-,35?,37?. The van der Waals surface area contributed by atoms with Crippen LogP contribution in [0.4, 0.5) is 0 Å². The normalized spacial score (nSPS) is 24.9. The van der Waals surface area contributed by atoms with Gasteiger partial charge in [-0.25, -0.2) is 4.79 Å². The van der Waals surface area contributed by atoms with Crippen LogP contribution in [0.2, 0.25) is 0 Å². The molecule has 1 aromatic rings. The molecule has 0 unspecified atom stereocenters. The van der Waals surface area contributed by atoms with Gasteiger partial charge in [0.25, 0.3) is 0 Å². The number of ether oxygens (including phenoxy) is 1. The third-order valence-electron chi connectivity index (χ3n) is 10.1. The van der Waals surface area contributed by atoms with Crippen LogP contribution in [0.1, 0.15) is 183 Å². The molecule has 3 heteroatoms. The number of hydrogen-bond donors (Lipinski definition) is 0. The molecule has 0 aliphatic heterocycles. The smallest absolute Gasteiger partial charge is 0.338 e. The molecule has 0 bridgehead atoms. The molecule has 224 valence electrons. The van der Waals surface area contributed by atoms with Crippen molar-refractivity contribution in [1.82, 2.24) is 0 Å². The van der Waals surface area contributed by atoms with Gasteiger partial charge in [-0.1, -0.05) is 116 Å². The van der Waals surface area contributed by atoms with E-state index in [4.69, 9.17) is 4.74 Å². The van der Waals surface area contributed by atoms with Crippen molar-refractivity contribution in [3.8, 4) is 6.07 Å². The van der Waals surface area contributed by atoms with E-state index in [2.05, 4.69) is 32.0 Å². The lowest BCUT2D eigenvalue weighted by atomic mass is 9.71. The lowest BCUT2D eigenvalue weighted by molar-refractivity contribution is 0.0105. The Morgan fingerprint density at radius 2 is 1.32 bits per heavy atom. The average Bonchev–Trinajstić information content (AvgIpc) is 3.00. The van der Waals surface area contributed by atoms with Crippen LogP contribution in [0.15, 0.2) is 24.3 Å². The number of unbranched alkanes of at least 4 members (excludes halogenated alkanes) is 11. The fourth-order valence-corrected chi connectivity index (χ4v) is 7.21. The van der Waals surface area contributed by atoms with Crippen molar-refractivity contribution in [3.63, 3.8) is 0 Å². The van der Waals surface area contributed by atoms with Crippen molar-refractivity contribution < 1.29 is 9.53 Å². The van der Waals surface area contributed by atoms with Crippen LogP contribution in [0.3, 0.4) is 0 Å². The van der Waals surface area contributed by atoms with Crippen molar-refractivity contribution in [2.45, 2.75) is 174 Å². The second kappa shape index (κ2) is 18.6. The molecule has 0 spiro atoms. The van der Waals surface area contributed by atoms with Gasteiger partial charge >= 0.3 is 5.97 Å². The van der Waals surface area contributed by atoms with Crippen LogP contribution in [-0.4, -0.2) is 12.1 Å². The van der Waals surface area contributed by atoms with Gasteiger partial charge in [0.1, 0.15) is 6.10 Å². The topological polar surface area (TPSA) is 50.1 Å². The third-order valence-corrected chi connectivity index (χ3v) is 10.1. The molecule has 0 amide bonds. The van der Waals surface area contributed by atoms with E-state index in [1.807, 2.05) is 12.1 Å². The van der Waals surface area contributed by atoms with Gasteiger partial charge in [-0.05, 0) is 87.3 Å². The Bertz CT molecular complexity index is 853. The van der Waals surface area contributed by atoms with Crippen LogP contribution in [0.5, 0.6) is 0 Å². The summed E-state index contributed by atoms with van der Waals surface area (Å²) in [5.74, 6) is 1.36. The summed E-state index contributed by atoms with van der Waals surface area (Å²) >= 11 is 0. The Hall–Kier alpha value is -1.82. The van der Waals surface area contributed by atoms with E-state index in [1.165, 1.54) is 115 Å². The van der Waals surface area contributed by atoms with Crippen molar-refractivity contribution in [1.29, 1.82) is 5.26 Å². The Balaban J connectivity index is 1.32. The van der Waals surface area contributed by atoms with Gasteiger partial charge in [-0.15, -0.1) is 0 Å². The van der Waals surface area contributed by atoms with Crippen LogP contribution in [-0.2, 0) is 4.74 Å². The average molecular weight is 550 g/mol. The van der Waals surface area contributed by atoms with Crippen molar-refractivity contribution in [2.75, 3.05) is 0 Å².